The second kappa shape index (κ2) is 12.1. The molecule has 1 amide bonds. The average Bonchev–Trinajstić information content (AvgIpc) is 2.66. The molecule has 27 heavy (non-hydrogen) atoms. The molecule has 0 bridgehead atoms. The molecular weight excluding hydrogens is 455 g/mol. The number of carbonyl (C=O) groups is 1. The fourth-order valence-electron chi connectivity index (χ4n) is 3.09. The van der Waals surface area contributed by atoms with E-state index in [-0.39, 0.29) is 29.9 Å². The molecule has 1 saturated heterocycles. The van der Waals surface area contributed by atoms with Crippen molar-refractivity contribution in [1.82, 2.24) is 25.8 Å². The van der Waals surface area contributed by atoms with E-state index in [4.69, 9.17) is 0 Å². The third-order valence-corrected chi connectivity index (χ3v) is 4.83. The number of amides is 1. The van der Waals surface area contributed by atoms with E-state index >= 15 is 0 Å². The average molecular weight is 488 g/mol. The molecule has 0 aromatic heterocycles. The van der Waals surface area contributed by atoms with E-state index in [1.165, 1.54) is 0 Å². The number of carbonyl (C=O) groups excluding carboxylic acids is 1. The SMILES string of the molecule is CN=C(NCCc1cccc(C(=O)NC)c1)NCC1CN(C)CCN1C.I. The molecule has 1 unspecified atom stereocenters. The fourth-order valence-corrected chi connectivity index (χ4v) is 3.09. The molecule has 2 rings (SSSR count). The molecule has 1 heterocycles. The van der Waals surface area contributed by atoms with Gasteiger partial charge in [-0.2, -0.15) is 0 Å². The minimum Gasteiger partial charge on any atom is -0.356 e. The van der Waals surface area contributed by atoms with Crippen LogP contribution in [0.15, 0.2) is 29.3 Å². The van der Waals surface area contributed by atoms with E-state index in [0.717, 1.165) is 50.7 Å². The predicted molar refractivity (Wildman–Crippen MR) is 122 cm³/mol. The van der Waals surface area contributed by atoms with Gasteiger partial charge in [0.25, 0.3) is 5.91 Å². The van der Waals surface area contributed by atoms with Gasteiger partial charge in [-0.25, -0.2) is 0 Å². The summed E-state index contributed by atoms with van der Waals surface area (Å²) in [6.45, 7) is 4.91. The first-order chi connectivity index (χ1) is 12.5. The summed E-state index contributed by atoms with van der Waals surface area (Å²) in [7, 11) is 7.78. The Morgan fingerprint density at radius 3 is 2.74 bits per heavy atom. The summed E-state index contributed by atoms with van der Waals surface area (Å²) in [6.07, 6.45) is 0.831. The van der Waals surface area contributed by atoms with Gasteiger partial charge in [0.15, 0.2) is 5.96 Å². The van der Waals surface area contributed by atoms with Crippen molar-refractivity contribution in [3.8, 4) is 0 Å². The summed E-state index contributed by atoms with van der Waals surface area (Å²) >= 11 is 0. The molecular formula is C19H33IN6O. The first-order valence-electron chi connectivity index (χ1n) is 9.17. The standard InChI is InChI=1S/C19H32N6O.HI/c1-20-18(26)16-7-5-6-15(12-16)8-9-22-19(21-2)23-13-17-14-24(3)10-11-25(17)4;/h5-7,12,17H,8-11,13-14H2,1-4H3,(H,20,26)(H2,21,22,23);1H. The summed E-state index contributed by atoms with van der Waals surface area (Å²) < 4.78 is 0. The number of hydrogen-bond donors (Lipinski definition) is 3. The normalized spacial score (nSPS) is 18.5. The first-order valence-corrected chi connectivity index (χ1v) is 9.17. The molecule has 152 valence electrons. The van der Waals surface area contributed by atoms with E-state index in [1.54, 1.807) is 14.1 Å². The maximum atomic E-state index is 11.7. The Labute approximate surface area is 180 Å². The molecule has 0 spiro atoms. The Morgan fingerprint density at radius 2 is 2.04 bits per heavy atom. The van der Waals surface area contributed by atoms with Gasteiger partial charge in [-0.15, -0.1) is 24.0 Å². The third-order valence-electron chi connectivity index (χ3n) is 4.83. The second-order valence-corrected chi connectivity index (χ2v) is 6.81. The Hall–Kier alpha value is -1.39. The Bertz CT molecular complexity index is 624. The van der Waals surface area contributed by atoms with Gasteiger partial charge in [-0.3, -0.25) is 14.7 Å². The van der Waals surface area contributed by atoms with Crippen LogP contribution in [0.3, 0.4) is 0 Å². The van der Waals surface area contributed by atoms with E-state index < -0.39 is 0 Å². The minimum atomic E-state index is -0.0566. The molecule has 7 nitrogen and oxygen atoms in total. The van der Waals surface area contributed by atoms with Gasteiger partial charge in [-0.05, 0) is 38.2 Å². The van der Waals surface area contributed by atoms with Crippen molar-refractivity contribution in [2.75, 3.05) is 60.9 Å². The van der Waals surface area contributed by atoms with Gasteiger partial charge in [0.2, 0.25) is 0 Å². The largest absolute Gasteiger partial charge is 0.356 e. The molecule has 0 radical (unpaired) electrons. The van der Waals surface area contributed by atoms with Crippen LogP contribution in [0.4, 0.5) is 0 Å². The minimum absolute atomic E-state index is 0. The van der Waals surface area contributed by atoms with Crippen LogP contribution in [0.1, 0.15) is 15.9 Å². The Balaban J connectivity index is 0.00000364. The molecule has 3 N–H and O–H groups in total. The van der Waals surface area contributed by atoms with Gasteiger partial charge in [0, 0.05) is 58.4 Å². The molecule has 0 saturated carbocycles. The van der Waals surface area contributed by atoms with Crippen molar-refractivity contribution in [2.45, 2.75) is 12.5 Å². The summed E-state index contributed by atoms with van der Waals surface area (Å²) in [6, 6.07) is 8.20. The van der Waals surface area contributed by atoms with E-state index in [9.17, 15) is 4.79 Å². The zero-order valence-electron chi connectivity index (χ0n) is 16.8. The smallest absolute Gasteiger partial charge is 0.251 e. The van der Waals surface area contributed by atoms with Crippen molar-refractivity contribution in [3.63, 3.8) is 0 Å². The number of nitrogens with zero attached hydrogens (tertiary/aromatic N) is 3. The third kappa shape index (κ3) is 7.63. The molecule has 8 heteroatoms. The van der Waals surface area contributed by atoms with Gasteiger partial charge in [-0.1, -0.05) is 12.1 Å². The molecule has 1 aromatic carbocycles. The van der Waals surface area contributed by atoms with E-state index in [1.807, 2.05) is 24.3 Å². The molecule has 1 aliphatic heterocycles. The molecule has 1 atom stereocenters. The lowest BCUT2D eigenvalue weighted by molar-refractivity contribution is 0.0963. The van der Waals surface area contributed by atoms with Crippen LogP contribution < -0.4 is 16.0 Å². The molecule has 1 aliphatic rings. The molecule has 0 aliphatic carbocycles. The van der Waals surface area contributed by atoms with Gasteiger partial charge in [0.1, 0.15) is 0 Å². The zero-order valence-corrected chi connectivity index (χ0v) is 19.1. The van der Waals surface area contributed by atoms with Crippen LogP contribution in [0.5, 0.6) is 0 Å². The highest BCUT2D eigenvalue weighted by Crippen LogP contribution is 2.06. The van der Waals surface area contributed by atoms with Crippen molar-refractivity contribution >= 4 is 35.8 Å². The highest BCUT2D eigenvalue weighted by atomic mass is 127. The van der Waals surface area contributed by atoms with Crippen LogP contribution >= 0.6 is 24.0 Å². The zero-order chi connectivity index (χ0) is 18.9. The summed E-state index contributed by atoms with van der Waals surface area (Å²) in [5.41, 5.74) is 1.82. The number of likely N-dealkylation sites (N-methyl/N-ethyl adjacent to an activating group) is 2. The number of piperazine rings is 1. The van der Waals surface area contributed by atoms with Crippen LogP contribution in [-0.4, -0.2) is 88.6 Å². The lowest BCUT2D eigenvalue weighted by Crippen LogP contribution is -2.55. The van der Waals surface area contributed by atoms with E-state index in [2.05, 4.69) is 44.8 Å². The fraction of sp³-hybridized carbons (Fsp3) is 0.579. The van der Waals surface area contributed by atoms with Crippen LogP contribution in [0, 0.1) is 0 Å². The van der Waals surface area contributed by atoms with Crippen molar-refractivity contribution in [3.05, 3.63) is 35.4 Å². The van der Waals surface area contributed by atoms with Crippen LogP contribution in [0.2, 0.25) is 0 Å². The lowest BCUT2D eigenvalue weighted by Gasteiger charge is -2.37. The number of halogens is 1. The lowest BCUT2D eigenvalue weighted by atomic mass is 10.1. The maximum absolute atomic E-state index is 11.7. The van der Waals surface area contributed by atoms with E-state index in [0.29, 0.717) is 11.6 Å². The molecule has 1 fully saturated rings. The number of rotatable bonds is 6. The van der Waals surface area contributed by atoms with Crippen molar-refractivity contribution in [2.24, 2.45) is 4.99 Å². The summed E-state index contributed by atoms with van der Waals surface area (Å²) in [5, 5.41) is 9.43. The van der Waals surface area contributed by atoms with Crippen LogP contribution in [0.25, 0.3) is 0 Å². The highest BCUT2D eigenvalue weighted by molar-refractivity contribution is 14.0. The number of aliphatic imine (C=N–C) groups is 1. The second-order valence-electron chi connectivity index (χ2n) is 6.81. The number of benzene rings is 1. The summed E-state index contributed by atoms with van der Waals surface area (Å²) in [4.78, 5) is 20.8. The predicted octanol–water partition coefficient (Wildman–Crippen LogP) is 0.618. The monoisotopic (exact) mass is 488 g/mol. The number of nitrogens with one attached hydrogen (secondary N) is 3. The first kappa shape index (κ1) is 23.6. The Morgan fingerprint density at radius 1 is 1.26 bits per heavy atom. The number of hydrogen-bond acceptors (Lipinski definition) is 4. The topological polar surface area (TPSA) is 72.0 Å². The van der Waals surface area contributed by atoms with Gasteiger partial charge in [0.05, 0.1) is 0 Å². The maximum Gasteiger partial charge on any atom is 0.251 e. The summed E-state index contributed by atoms with van der Waals surface area (Å²) in [5.74, 6) is 0.757. The molecule has 1 aromatic rings. The highest BCUT2D eigenvalue weighted by Gasteiger charge is 2.21. The number of guanidine groups is 1. The van der Waals surface area contributed by atoms with Crippen molar-refractivity contribution < 1.29 is 4.79 Å². The van der Waals surface area contributed by atoms with Crippen molar-refractivity contribution in [1.29, 1.82) is 0 Å². The van der Waals surface area contributed by atoms with Gasteiger partial charge < -0.3 is 20.9 Å². The van der Waals surface area contributed by atoms with Gasteiger partial charge >= 0.3 is 0 Å². The Kier molecular flexibility index (Phi) is 10.6. The van der Waals surface area contributed by atoms with Crippen LogP contribution in [-0.2, 0) is 6.42 Å². The quantitative estimate of drug-likeness (QED) is 0.311.